The first-order valence-electron chi connectivity index (χ1n) is 13.9. The number of carboxylic acids is 2. The molecule has 0 unspecified atom stereocenters. The van der Waals surface area contributed by atoms with Gasteiger partial charge in [0.1, 0.15) is 6.61 Å². The molecule has 0 spiro atoms. The van der Waals surface area contributed by atoms with E-state index >= 15 is 0 Å². The van der Waals surface area contributed by atoms with Crippen molar-refractivity contribution in [2.75, 3.05) is 33.3 Å². The van der Waals surface area contributed by atoms with E-state index in [9.17, 15) is 5.11 Å². The smallest absolute Gasteiger partial charge is 0.414 e. The number of hydrogen-bond donors (Lipinski definition) is 3. The Kier molecular flexibility index (Phi) is 10.9. The zero-order valence-corrected chi connectivity index (χ0v) is 24.0. The van der Waals surface area contributed by atoms with Crippen LogP contribution in [0, 0.1) is 0 Å². The topological polar surface area (TPSA) is 120 Å². The molecule has 4 aromatic carbocycles. The number of benzene rings is 4. The molecule has 224 valence electrons. The number of ether oxygens (including phenoxy) is 2. The van der Waals surface area contributed by atoms with Crippen LogP contribution in [0.15, 0.2) is 109 Å². The molecule has 0 radical (unpaired) electrons. The number of nitrogens with zero attached hydrogens (tertiary/aromatic N) is 2. The normalized spacial score (nSPS) is 13.8. The van der Waals surface area contributed by atoms with Crippen LogP contribution >= 0.6 is 0 Å². The molecule has 1 aliphatic heterocycles. The van der Waals surface area contributed by atoms with Crippen molar-refractivity contribution in [2.45, 2.75) is 18.9 Å². The van der Waals surface area contributed by atoms with Gasteiger partial charge in [0.2, 0.25) is 0 Å². The van der Waals surface area contributed by atoms with Gasteiger partial charge in [-0.25, -0.2) is 9.59 Å². The van der Waals surface area contributed by atoms with E-state index in [-0.39, 0.29) is 0 Å². The predicted molar refractivity (Wildman–Crippen MR) is 162 cm³/mol. The van der Waals surface area contributed by atoms with Crippen molar-refractivity contribution in [1.29, 1.82) is 0 Å². The molecule has 0 bridgehead atoms. The van der Waals surface area contributed by atoms with E-state index in [0.29, 0.717) is 6.61 Å². The van der Waals surface area contributed by atoms with Gasteiger partial charge in [-0.05, 0) is 23.3 Å². The van der Waals surface area contributed by atoms with Crippen LogP contribution in [0.5, 0.6) is 11.5 Å². The summed E-state index contributed by atoms with van der Waals surface area (Å²) < 4.78 is 11.7. The molecule has 0 aromatic heterocycles. The highest BCUT2D eigenvalue weighted by Crippen LogP contribution is 2.35. The molecule has 0 saturated carbocycles. The molecule has 0 atom stereocenters. The Balaban J connectivity index is 0.000000641. The molecule has 9 nitrogen and oxygen atoms in total. The van der Waals surface area contributed by atoms with Crippen LogP contribution in [-0.2, 0) is 28.5 Å². The van der Waals surface area contributed by atoms with Gasteiger partial charge < -0.3 is 24.8 Å². The van der Waals surface area contributed by atoms with Crippen molar-refractivity contribution in [3.8, 4) is 11.5 Å². The summed E-state index contributed by atoms with van der Waals surface area (Å²) in [5.41, 5.74) is 2.93. The fraction of sp³-hybridized carbons (Fsp3) is 0.235. The van der Waals surface area contributed by atoms with E-state index in [0.717, 1.165) is 60.9 Å². The second-order valence-electron chi connectivity index (χ2n) is 10.0. The van der Waals surface area contributed by atoms with Crippen molar-refractivity contribution in [1.82, 2.24) is 9.80 Å². The van der Waals surface area contributed by atoms with Gasteiger partial charge >= 0.3 is 11.9 Å². The monoisotopic (exact) mass is 584 g/mol. The molecule has 1 aliphatic rings. The summed E-state index contributed by atoms with van der Waals surface area (Å²) in [4.78, 5) is 22.8. The van der Waals surface area contributed by atoms with Crippen LogP contribution in [0.4, 0.5) is 0 Å². The van der Waals surface area contributed by atoms with Crippen LogP contribution in [0.1, 0.15) is 22.3 Å². The lowest BCUT2D eigenvalue weighted by Crippen LogP contribution is -2.55. The number of piperazine rings is 1. The van der Waals surface area contributed by atoms with E-state index < -0.39 is 17.7 Å². The summed E-state index contributed by atoms with van der Waals surface area (Å²) in [6.45, 7) is 4.56. The lowest BCUT2D eigenvalue weighted by atomic mass is 9.92. The highest BCUT2D eigenvalue weighted by molar-refractivity contribution is 6.27. The molecule has 5 rings (SSSR count). The van der Waals surface area contributed by atoms with Crippen LogP contribution in [0.2, 0.25) is 0 Å². The number of carbonyl (C=O) groups is 2. The van der Waals surface area contributed by atoms with E-state index in [2.05, 4.69) is 34.1 Å². The first-order valence-corrected chi connectivity index (χ1v) is 13.9. The third-order valence-electron chi connectivity index (χ3n) is 7.24. The lowest BCUT2D eigenvalue weighted by Gasteiger charge is -2.45. The van der Waals surface area contributed by atoms with Crippen molar-refractivity contribution >= 4 is 11.9 Å². The maximum atomic E-state index is 12.1. The number of hydrogen-bond acceptors (Lipinski definition) is 7. The standard InChI is InChI=1S/C32H34N2O3.C2H2O4/c1-36-31-23-27(17-18-30(31)37-25-26-11-5-2-6-12-26)24-33-19-21-34(22-20-33)32(35,28-13-7-3-8-14-28)29-15-9-4-10-16-29;3-1(4)2(5)6/h2-18,23,35H,19-22,24-25H2,1H3;(H,3,4)(H,5,6). The Morgan fingerprint density at radius 3 is 1.70 bits per heavy atom. The van der Waals surface area contributed by atoms with Gasteiger partial charge in [0.15, 0.2) is 17.2 Å². The summed E-state index contributed by atoms with van der Waals surface area (Å²) in [5, 5.41) is 26.8. The first-order chi connectivity index (χ1) is 20.8. The van der Waals surface area contributed by atoms with E-state index in [1.54, 1.807) is 7.11 Å². The first kappa shape index (κ1) is 31.2. The molecule has 1 heterocycles. The fourth-order valence-electron chi connectivity index (χ4n) is 5.03. The Hall–Kier alpha value is -4.70. The average Bonchev–Trinajstić information content (AvgIpc) is 3.05. The zero-order valence-electron chi connectivity index (χ0n) is 24.0. The molecule has 1 saturated heterocycles. The molecule has 4 aromatic rings. The SMILES string of the molecule is COc1cc(CN2CCN(C(O)(c3ccccc3)c3ccccc3)CC2)ccc1OCc1ccccc1.O=C(O)C(=O)O. The summed E-state index contributed by atoms with van der Waals surface area (Å²) in [7, 11) is 1.68. The Labute approximate surface area is 251 Å². The third kappa shape index (κ3) is 8.20. The number of carboxylic acid groups (broad SMARTS) is 2. The second-order valence-corrected chi connectivity index (χ2v) is 10.0. The van der Waals surface area contributed by atoms with Gasteiger partial charge in [-0.15, -0.1) is 0 Å². The lowest BCUT2D eigenvalue weighted by molar-refractivity contribution is -0.159. The minimum absolute atomic E-state index is 0.504. The minimum atomic E-state index is -1.82. The Bertz CT molecular complexity index is 1410. The van der Waals surface area contributed by atoms with Crippen molar-refractivity contribution in [3.05, 3.63) is 131 Å². The van der Waals surface area contributed by atoms with E-state index in [1.807, 2.05) is 84.9 Å². The summed E-state index contributed by atoms with van der Waals surface area (Å²) in [6, 6.07) is 36.3. The van der Waals surface area contributed by atoms with Gasteiger partial charge in [0, 0.05) is 43.9 Å². The minimum Gasteiger partial charge on any atom is -0.493 e. The molecule has 1 fully saturated rings. The molecular formula is C34H36N2O7. The van der Waals surface area contributed by atoms with Gasteiger partial charge in [-0.1, -0.05) is 97.1 Å². The van der Waals surface area contributed by atoms with Gasteiger partial charge in [-0.2, -0.15) is 0 Å². The van der Waals surface area contributed by atoms with Gasteiger partial charge in [0.25, 0.3) is 0 Å². The van der Waals surface area contributed by atoms with Crippen LogP contribution in [0.3, 0.4) is 0 Å². The predicted octanol–water partition coefficient (Wildman–Crippen LogP) is 4.44. The molecule has 43 heavy (non-hydrogen) atoms. The largest absolute Gasteiger partial charge is 0.493 e. The van der Waals surface area contributed by atoms with Gasteiger partial charge in [-0.3, -0.25) is 9.80 Å². The number of aliphatic carboxylic acids is 2. The number of methoxy groups -OCH3 is 1. The molecule has 3 N–H and O–H groups in total. The molecular weight excluding hydrogens is 548 g/mol. The second kappa shape index (κ2) is 15.0. The highest BCUT2D eigenvalue weighted by atomic mass is 16.5. The Morgan fingerprint density at radius 2 is 1.21 bits per heavy atom. The van der Waals surface area contributed by atoms with Crippen molar-refractivity contribution in [3.63, 3.8) is 0 Å². The van der Waals surface area contributed by atoms with Crippen LogP contribution < -0.4 is 9.47 Å². The van der Waals surface area contributed by atoms with Crippen molar-refractivity contribution in [2.24, 2.45) is 0 Å². The maximum absolute atomic E-state index is 12.1. The van der Waals surface area contributed by atoms with Gasteiger partial charge in [0.05, 0.1) is 7.11 Å². The molecule has 9 heteroatoms. The van der Waals surface area contributed by atoms with E-state index in [1.165, 1.54) is 5.56 Å². The Morgan fingerprint density at radius 1 is 0.698 bits per heavy atom. The zero-order chi connectivity index (χ0) is 30.7. The number of aliphatic hydroxyl groups is 1. The molecule has 0 amide bonds. The third-order valence-corrected chi connectivity index (χ3v) is 7.24. The van der Waals surface area contributed by atoms with Crippen LogP contribution in [0.25, 0.3) is 0 Å². The van der Waals surface area contributed by atoms with Crippen LogP contribution in [-0.4, -0.2) is 70.3 Å². The quantitative estimate of drug-likeness (QED) is 0.245. The summed E-state index contributed by atoms with van der Waals surface area (Å²) in [5.74, 6) is -2.16. The number of rotatable bonds is 9. The summed E-state index contributed by atoms with van der Waals surface area (Å²) >= 11 is 0. The highest BCUT2D eigenvalue weighted by Gasteiger charge is 2.39. The average molecular weight is 585 g/mol. The molecule has 0 aliphatic carbocycles. The van der Waals surface area contributed by atoms with E-state index in [4.69, 9.17) is 29.3 Å². The van der Waals surface area contributed by atoms with Crippen molar-refractivity contribution < 1.29 is 34.4 Å². The summed E-state index contributed by atoms with van der Waals surface area (Å²) in [6.07, 6.45) is 0. The maximum Gasteiger partial charge on any atom is 0.414 e. The fourth-order valence-corrected chi connectivity index (χ4v) is 5.03.